The van der Waals surface area contributed by atoms with Crippen molar-refractivity contribution in [3.05, 3.63) is 58.9 Å². The Balaban J connectivity index is 0.00000220. The van der Waals surface area contributed by atoms with Crippen LogP contribution in [0.5, 0.6) is 0 Å². The Labute approximate surface area is 140 Å². The van der Waals surface area contributed by atoms with Gasteiger partial charge in [0.1, 0.15) is 5.69 Å². The molecule has 1 aromatic heterocycles. The van der Waals surface area contributed by atoms with Crippen LogP contribution in [-0.2, 0) is 0 Å². The van der Waals surface area contributed by atoms with Crippen molar-refractivity contribution < 1.29 is 4.79 Å². The third kappa shape index (κ3) is 4.59. The molecule has 2 rings (SSSR count). The Bertz CT molecular complexity index is 598. The van der Waals surface area contributed by atoms with Crippen LogP contribution in [0.15, 0.2) is 42.6 Å². The van der Waals surface area contributed by atoms with Gasteiger partial charge in [0, 0.05) is 24.8 Å². The first-order valence-electron chi connectivity index (χ1n) is 6.45. The maximum Gasteiger partial charge on any atom is 0.212 e. The first-order chi connectivity index (χ1) is 9.59. The standard InChI is InChI=1S/C15H18ClN3O.BrH/c1-18(2)11-9-17-19-10-5-8-14(19)15(20)12-6-3-4-7-13(12)16;/h3-8,10,17H,9,11H2,1-2H3;1H. The molecule has 114 valence electrons. The number of halogens is 2. The normalized spacial score (nSPS) is 10.3. The zero-order chi connectivity index (χ0) is 14.5. The molecule has 21 heavy (non-hydrogen) atoms. The van der Waals surface area contributed by atoms with Gasteiger partial charge in [0.15, 0.2) is 0 Å². The lowest BCUT2D eigenvalue weighted by atomic mass is 10.1. The average Bonchev–Trinajstić information content (AvgIpc) is 2.86. The van der Waals surface area contributed by atoms with E-state index in [1.807, 2.05) is 38.5 Å². The zero-order valence-electron chi connectivity index (χ0n) is 12.0. The van der Waals surface area contributed by atoms with Crippen LogP contribution in [0, 0.1) is 0 Å². The lowest BCUT2D eigenvalue weighted by molar-refractivity contribution is 0.103. The predicted octanol–water partition coefficient (Wildman–Crippen LogP) is 3.06. The summed E-state index contributed by atoms with van der Waals surface area (Å²) in [5, 5.41) is 0.471. The van der Waals surface area contributed by atoms with Gasteiger partial charge in [-0.3, -0.25) is 9.47 Å². The highest BCUT2D eigenvalue weighted by atomic mass is 79.9. The van der Waals surface area contributed by atoms with E-state index in [-0.39, 0.29) is 22.8 Å². The lowest BCUT2D eigenvalue weighted by Gasteiger charge is -2.14. The molecule has 0 radical (unpaired) electrons. The molecule has 0 fully saturated rings. The molecule has 0 saturated carbocycles. The molecule has 0 amide bonds. The molecular weight excluding hydrogens is 354 g/mol. The second-order valence-electron chi connectivity index (χ2n) is 4.78. The van der Waals surface area contributed by atoms with Gasteiger partial charge >= 0.3 is 0 Å². The monoisotopic (exact) mass is 371 g/mol. The third-order valence-electron chi connectivity index (χ3n) is 2.94. The summed E-state index contributed by atoms with van der Waals surface area (Å²) in [4.78, 5) is 14.6. The quantitative estimate of drug-likeness (QED) is 0.792. The number of rotatable bonds is 6. The van der Waals surface area contributed by atoms with Gasteiger partial charge in [-0.15, -0.1) is 17.0 Å². The fourth-order valence-corrected chi connectivity index (χ4v) is 2.10. The van der Waals surface area contributed by atoms with Crippen molar-refractivity contribution >= 4 is 34.4 Å². The summed E-state index contributed by atoms with van der Waals surface area (Å²) in [6.07, 6.45) is 1.83. The number of nitrogens with one attached hydrogen (secondary N) is 1. The van der Waals surface area contributed by atoms with Gasteiger partial charge in [0.25, 0.3) is 0 Å². The SMILES string of the molecule is Br.CN(C)CCNn1cccc1C(=O)c1ccccc1Cl. The molecule has 0 atom stereocenters. The minimum atomic E-state index is -0.0852. The van der Waals surface area contributed by atoms with Gasteiger partial charge in [0.2, 0.25) is 5.78 Å². The topological polar surface area (TPSA) is 37.3 Å². The predicted molar refractivity (Wildman–Crippen MR) is 92.4 cm³/mol. The van der Waals surface area contributed by atoms with Gasteiger partial charge in [0.05, 0.1) is 5.02 Å². The third-order valence-corrected chi connectivity index (χ3v) is 3.27. The first kappa shape index (κ1) is 17.8. The zero-order valence-corrected chi connectivity index (χ0v) is 14.5. The maximum atomic E-state index is 12.5. The highest BCUT2D eigenvalue weighted by molar-refractivity contribution is 8.93. The van der Waals surface area contributed by atoms with Crippen molar-refractivity contribution in [2.45, 2.75) is 0 Å². The summed E-state index contributed by atoms with van der Waals surface area (Å²) in [7, 11) is 4.01. The number of likely N-dealkylation sites (N-methyl/N-ethyl adjacent to an activating group) is 1. The van der Waals surface area contributed by atoms with Crippen molar-refractivity contribution in [1.29, 1.82) is 0 Å². The maximum absolute atomic E-state index is 12.5. The molecule has 0 spiro atoms. The fraction of sp³-hybridized carbons (Fsp3) is 0.267. The molecule has 2 aromatic rings. The van der Waals surface area contributed by atoms with Crippen LogP contribution in [0.1, 0.15) is 16.1 Å². The van der Waals surface area contributed by atoms with E-state index in [0.29, 0.717) is 16.3 Å². The van der Waals surface area contributed by atoms with Gasteiger partial charge < -0.3 is 10.3 Å². The molecule has 0 saturated heterocycles. The van der Waals surface area contributed by atoms with Crippen molar-refractivity contribution in [3.63, 3.8) is 0 Å². The van der Waals surface area contributed by atoms with Crippen LogP contribution in [0.3, 0.4) is 0 Å². The van der Waals surface area contributed by atoms with E-state index in [1.54, 1.807) is 22.9 Å². The van der Waals surface area contributed by atoms with E-state index in [1.165, 1.54) is 0 Å². The number of carbonyl (C=O) groups excluding carboxylic acids is 1. The van der Waals surface area contributed by atoms with Crippen LogP contribution >= 0.6 is 28.6 Å². The number of ketones is 1. The molecule has 0 unspecified atom stereocenters. The Morgan fingerprint density at radius 2 is 1.95 bits per heavy atom. The fourth-order valence-electron chi connectivity index (χ4n) is 1.88. The second kappa shape index (κ2) is 8.22. The molecule has 1 aromatic carbocycles. The van der Waals surface area contributed by atoms with E-state index in [9.17, 15) is 4.79 Å². The van der Waals surface area contributed by atoms with Crippen LogP contribution < -0.4 is 5.43 Å². The van der Waals surface area contributed by atoms with Gasteiger partial charge in [-0.05, 0) is 38.4 Å². The largest absolute Gasteiger partial charge is 0.324 e. The van der Waals surface area contributed by atoms with E-state index >= 15 is 0 Å². The van der Waals surface area contributed by atoms with Gasteiger partial charge in [-0.1, -0.05) is 23.7 Å². The highest BCUT2D eigenvalue weighted by Crippen LogP contribution is 2.19. The summed E-state index contributed by atoms with van der Waals surface area (Å²) >= 11 is 6.08. The summed E-state index contributed by atoms with van der Waals surface area (Å²) in [6.45, 7) is 1.64. The van der Waals surface area contributed by atoms with E-state index < -0.39 is 0 Å². The highest BCUT2D eigenvalue weighted by Gasteiger charge is 2.15. The Morgan fingerprint density at radius 1 is 1.24 bits per heavy atom. The Morgan fingerprint density at radius 3 is 2.62 bits per heavy atom. The first-order valence-corrected chi connectivity index (χ1v) is 6.82. The van der Waals surface area contributed by atoms with Crippen LogP contribution in [0.4, 0.5) is 0 Å². The van der Waals surface area contributed by atoms with Crippen molar-refractivity contribution in [2.24, 2.45) is 0 Å². The van der Waals surface area contributed by atoms with Crippen molar-refractivity contribution in [3.8, 4) is 0 Å². The number of carbonyl (C=O) groups is 1. The number of hydrogen-bond acceptors (Lipinski definition) is 3. The van der Waals surface area contributed by atoms with Gasteiger partial charge in [-0.25, -0.2) is 0 Å². The van der Waals surface area contributed by atoms with Crippen LogP contribution in [-0.4, -0.2) is 42.5 Å². The summed E-state index contributed by atoms with van der Waals surface area (Å²) in [5.74, 6) is -0.0852. The molecule has 4 nitrogen and oxygen atoms in total. The molecule has 0 aliphatic heterocycles. The molecule has 0 aliphatic carbocycles. The number of hydrogen-bond donors (Lipinski definition) is 1. The smallest absolute Gasteiger partial charge is 0.212 e. The summed E-state index contributed by atoms with van der Waals surface area (Å²) in [5.41, 5.74) is 4.30. The molecule has 6 heteroatoms. The molecular formula is C15H19BrClN3O. The summed E-state index contributed by atoms with van der Waals surface area (Å²) in [6, 6.07) is 10.7. The second-order valence-corrected chi connectivity index (χ2v) is 5.19. The van der Waals surface area contributed by atoms with Crippen LogP contribution in [0.25, 0.3) is 0 Å². The summed E-state index contributed by atoms with van der Waals surface area (Å²) < 4.78 is 1.75. The molecule has 0 bridgehead atoms. The van der Waals surface area contributed by atoms with Crippen molar-refractivity contribution in [2.75, 3.05) is 32.6 Å². The van der Waals surface area contributed by atoms with E-state index in [2.05, 4.69) is 10.3 Å². The number of benzene rings is 1. The van der Waals surface area contributed by atoms with E-state index in [0.717, 1.165) is 13.1 Å². The van der Waals surface area contributed by atoms with E-state index in [4.69, 9.17) is 11.6 Å². The number of aromatic nitrogens is 1. The molecule has 1 N–H and O–H groups in total. The average molecular weight is 373 g/mol. The minimum Gasteiger partial charge on any atom is -0.324 e. The molecule has 1 heterocycles. The lowest BCUT2D eigenvalue weighted by Crippen LogP contribution is -2.27. The number of nitrogens with zero attached hydrogens (tertiary/aromatic N) is 2. The van der Waals surface area contributed by atoms with Crippen molar-refractivity contribution in [1.82, 2.24) is 9.58 Å². The minimum absolute atomic E-state index is 0. The van der Waals surface area contributed by atoms with Gasteiger partial charge in [-0.2, -0.15) is 0 Å². The van der Waals surface area contributed by atoms with Crippen LogP contribution in [0.2, 0.25) is 5.02 Å². The molecule has 0 aliphatic rings. The Kier molecular flexibility index (Phi) is 6.95. The Hall–Kier alpha value is -1.30.